The SMILES string of the molecule is CC(C)Cn1ccc(B2OC(C)(C)C(C)(C)O2)cc1=O. The highest BCUT2D eigenvalue weighted by molar-refractivity contribution is 6.62. The van der Waals surface area contributed by atoms with E-state index in [1.807, 2.05) is 40.0 Å². The molecular formula is C15H24BNO3. The molecule has 0 aromatic carbocycles. The van der Waals surface area contributed by atoms with Gasteiger partial charge in [0.1, 0.15) is 0 Å². The van der Waals surface area contributed by atoms with Gasteiger partial charge in [0, 0.05) is 18.8 Å². The van der Waals surface area contributed by atoms with E-state index in [0.29, 0.717) is 5.92 Å². The van der Waals surface area contributed by atoms with E-state index in [4.69, 9.17) is 9.31 Å². The Morgan fingerprint density at radius 3 is 2.20 bits per heavy atom. The molecule has 2 heterocycles. The van der Waals surface area contributed by atoms with E-state index >= 15 is 0 Å². The molecule has 1 aromatic heterocycles. The maximum atomic E-state index is 12.1. The summed E-state index contributed by atoms with van der Waals surface area (Å²) >= 11 is 0. The van der Waals surface area contributed by atoms with Gasteiger partial charge in [-0.1, -0.05) is 13.8 Å². The molecule has 1 aliphatic heterocycles. The molecular weight excluding hydrogens is 253 g/mol. The van der Waals surface area contributed by atoms with E-state index in [-0.39, 0.29) is 16.8 Å². The van der Waals surface area contributed by atoms with Crippen molar-refractivity contribution in [1.82, 2.24) is 4.57 Å². The smallest absolute Gasteiger partial charge is 0.399 e. The molecule has 1 aromatic rings. The van der Waals surface area contributed by atoms with Crippen LogP contribution in [0.15, 0.2) is 23.1 Å². The molecule has 0 aliphatic carbocycles. The van der Waals surface area contributed by atoms with Gasteiger partial charge in [-0.3, -0.25) is 4.79 Å². The first-order chi connectivity index (χ1) is 9.12. The summed E-state index contributed by atoms with van der Waals surface area (Å²) in [6, 6.07) is 3.52. The summed E-state index contributed by atoms with van der Waals surface area (Å²) in [7, 11) is -0.471. The van der Waals surface area contributed by atoms with Gasteiger partial charge in [-0.15, -0.1) is 0 Å². The quantitative estimate of drug-likeness (QED) is 0.791. The van der Waals surface area contributed by atoms with E-state index in [1.165, 1.54) is 0 Å². The third-order valence-corrected chi connectivity index (χ3v) is 4.11. The minimum atomic E-state index is -0.471. The van der Waals surface area contributed by atoms with Gasteiger partial charge in [0.25, 0.3) is 0 Å². The lowest BCUT2D eigenvalue weighted by molar-refractivity contribution is 0.00578. The third-order valence-electron chi connectivity index (χ3n) is 4.11. The normalized spacial score (nSPS) is 20.6. The number of hydrogen-bond donors (Lipinski definition) is 0. The predicted molar refractivity (Wildman–Crippen MR) is 81.3 cm³/mol. The first-order valence-corrected chi connectivity index (χ1v) is 7.18. The molecule has 1 saturated heterocycles. The summed E-state index contributed by atoms with van der Waals surface area (Å²) in [5.41, 5.74) is 0.00845. The van der Waals surface area contributed by atoms with Crippen LogP contribution in [-0.4, -0.2) is 22.9 Å². The molecule has 2 rings (SSSR count). The number of aromatic nitrogens is 1. The van der Waals surface area contributed by atoms with Crippen molar-refractivity contribution in [3.05, 3.63) is 28.7 Å². The van der Waals surface area contributed by atoms with Crippen LogP contribution in [-0.2, 0) is 15.9 Å². The van der Waals surface area contributed by atoms with Gasteiger partial charge in [0.2, 0.25) is 5.56 Å². The zero-order valence-corrected chi connectivity index (χ0v) is 13.3. The number of rotatable bonds is 3. The Morgan fingerprint density at radius 2 is 1.75 bits per heavy atom. The molecule has 0 N–H and O–H groups in total. The third kappa shape index (κ3) is 2.84. The van der Waals surface area contributed by atoms with Crippen molar-refractivity contribution in [1.29, 1.82) is 0 Å². The monoisotopic (exact) mass is 277 g/mol. The van der Waals surface area contributed by atoms with Crippen molar-refractivity contribution >= 4 is 12.6 Å². The second-order valence-electron chi connectivity index (χ2n) is 6.93. The van der Waals surface area contributed by atoms with Crippen molar-refractivity contribution in [2.45, 2.75) is 59.3 Å². The number of hydrogen-bond acceptors (Lipinski definition) is 3. The van der Waals surface area contributed by atoms with Crippen LogP contribution in [0.3, 0.4) is 0 Å². The van der Waals surface area contributed by atoms with Crippen molar-refractivity contribution in [3.8, 4) is 0 Å². The lowest BCUT2D eigenvalue weighted by Crippen LogP contribution is -2.41. The molecule has 1 aliphatic rings. The summed E-state index contributed by atoms with van der Waals surface area (Å²) in [6.07, 6.45) is 1.82. The molecule has 110 valence electrons. The molecule has 0 radical (unpaired) electrons. The van der Waals surface area contributed by atoms with Gasteiger partial charge in [-0.2, -0.15) is 0 Å². The van der Waals surface area contributed by atoms with Crippen LogP contribution in [0.1, 0.15) is 41.5 Å². The van der Waals surface area contributed by atoms with Crippen LogP contribution in [0.5, 0.6) is 0 Å². The maximum absolute atomic E-state index is 12.1. The fourth-order valence-corrected chi connectivity index (χ4v) is 2.19. The zero-order valence-electron chi connectivity index (χ0n) is 13.3. The predicted octanol–water partition coefficient (Wildman–Crippen LogP) is 1.80. The number of nitrogens with zero attached hydrogens (tertiary/aromatic N) is 1. The van der Waals surface area contributed by atoms with Gasteiger partial charge in [-0.25, -0.2) is 0 Å². The average Bonchev–Trinajstić information content (AvgIpc) is 2.50. The molecule has 0 spiro atoms. The Kier molecular flexibility index (Phi) is 3.86. The standard InChI is InChI=1S/C15H24BNO3/c1-11(2)10-17-8-7-12(9-13(17)18)16-19-14(3,4)15(5,6)20-16/h7-9,11H,10H2,1-6H3. The summed E-state index contributed by atoms with van der Waals surface area (Å²) in [5, 5.41) is 0. The summed E-state index contributed by atoms with van der Waals surface area (Å²) < 4.78 is 13.6. The lowest BCUT2D eigenvalue weighted by Gasteiger charge is -2.32. The Balaban J connectivity index is 2.24. The van der Waals surface area contributed by atoms with Crippen LogP contribution in [0.4, 0.5) is 0 Å². The van der Waals surface area contributed by atoms with Crippen molar-refractivity contribution in [2.24, 2.45) is 5.92 Å². The van der Waals surface area contributed by atoms with Gasteiger partial charge in [-0.05, 0) is 45.1 Å². The molecule has 0 bridgehead atoms. The number of pyridine rings is 1. The minimum absolute atomic E-state index is 0.00841. The first kappa shape index (κ1) is 15.3. The Bertz CT molecular complexity index is 532. The van der Waals surface area contributed by atoms with Gasteiger partial charge >= 0.3 is 7.12 Å². The molecule has 0 unspecified atom stereocenters. The maximum Gasteiger partial charge on any atom is 0.495 e. The minimum Gasteiger partial charge on any atom is -0.399 e. The molecule has 4 nitrogen and oxygen atoms in total. The van der Waals surface area contributed by atoms with Gasteiger partial charge in [0.05, 0.1) is 11.2 Å². The fraction of sp³-hybridized carbons (Fsp3) is 0.667. The second kappa shape index (κ2) is 5.04. The highest BCUT2D eigenvalue weighted by Crippen LogP contribution is 2.36. The van der Waals surface area contributed by atoms with Gasteiger partial charge in [0.15, 0.2) is 0 Å². The van der Waals surface area contributed by atoms with E-state index in [0.717, 1.165) is 12.0 Å². The molecule has 1 fully saturated rings. The van der Waals surface area contributed by atoms with E-state index in [2.05, 4.69) is 13.8 Å². The van der Waals surface area contributed by atoms with E-state index in [1.54, 1.807) is 10.6 Å². The largest absolute Gasteiger partial charge is 0.495 e. The van der Waals surface area contributed by atoms with Crippen LogP contribution in [0.2, 0.25) is 0 Å². The molecule has 0 atom stereocenters. The molecule has 0 saturated carbocycles. The highest BCUT2D eigenvalue weighted by Gasteiger charge is 2.51. The van der Waals surface area contributed by atoms with E-state index in [9.17, 15) is 4.79 Å². The average molecular weight is 277 g/mol. The van der Waals surface area contributed by atoms with Crippen LogP contribution < -0.4 is 11.0 Å². The lowest BCUT2D eigenvalue weighted by atomic mass is 9.80. The molecule has 0 amide bonds. The Hall–Kier alpha value is -1.07. The second-order valence-corrected chi connectivity index (χ2v) is 6.93. The summed E-state index contributed by atoms with van der Waals surface area (Å²) in [4.78, 5) is 12.1. The fourth-order valence-electron chi connectivity index (χ4n) is 2.19. The van der Waals surface area contributed by atoms with E-state index < -0.39 is 7.12 Å². The topological polar surface area (TPSA) is 40.5 Å². The van der Waals surface area contributed by atoms with Crippen molar-refractivity contribution in [2.75, 3.05) is 0 Å². The van der Waals surface area contributed by atoms with Crippen LogP contribution in [0.25, 0.3) is 0 Å². The van der Waals surface area contributed by atoms with Crippen molar-refractivity contribution in [3.63, 3.8) is 0 Å². The Labute approximate surface area is 121 Å². The highest BCUT2D eigenvalue weighted by atomic mass is 16.7. The summed E-state index contributed by atoms with van der Waals surface area (Å²) in [6.45, 7) is 12.9. The summed E-state index contributed by atoms with van der Waals surface area (Å²) in [5.74, 6) is 0.440. The Morgan fingerprint density at radius 1 is 1.20 bits per heavy atom. The zero-order chi connectivity index (χ0) is 15.1. The van der Waals surface area contributed by atoms with Crippen molar-refractivity contribution < 1.29 is 9.31 Å². The van der Waals surface area contributed by atoms with Gasteiger partial charge < -0.3 is 13.9 Å². The van der Waals surface area contributed by atoms with Crippen LogP contribution in [0, 0.1) is 5.92 Å². The molecule has 20 heavy (non-hydrogen) atoms. The molecule has 5 heteroatoms. The first-order valence-electron chi connectivity index (χ1n) is 7.18. The van der Waals surface area contributed by atoms with Crippen LogP contribution >= 0.6 is 0 Å².